The molecule has 3 aromatic rings. The van der Waals surface area contributed by atoms with Gasteiger partial charge in [-0.25, -0.2) is 4.90 Å². The number of benzene rings is 2. The van der Waals surface area contributed by atoms with E-state index < -0.39 is 29.1 Å². The van der Waals surface area contributed by atoms with Crippen molar-refractivity contribution in [2.45, 2.75) is 26.9 Å². The number of anilines is 1. The molecule has 0 unspecified atom stereocenters. The highest BCUT2D eigenvalue weighted by Gasteiger charge is 2.49. The molecule has 0 atom stereocenters. The Bertz CT molecular complexity index is 1420. The second-order valence-electron chi connectivity index (χ2n) is 8.40. The van der Waals surface area contributed by atoms with Crippen LogP contribution in [0.2, 0.25) is 0 Å². The predicted octanol–water partition coefficient (Wildman–Crippen LogP) is 6.36. The van der Waals surface area contributed by atoms with Crippen LogP contribution in [0.4, 0.5) is 18.9 Å². The Hall–Kier alpha value is -3.87. The van der Waals surface area contributed by atoms with E-state index in [1.54, 1.807) is 61.0 Å². The molecule has 0 bridgehead atoms. The van der Waals surface area contributed by atoms with E-state index in [0.717, 1.165) is 10.5 Å². The van der Waals surface area contributed by atoms with Crippen molar-refractivity contribution in [2.24, 2.45) is 7.05 Å². The van der Waals surface area contributed by atoms with Crippen molar-refractivity contribution in [3.05, 3.63) is 88.7 Å². The number of hydrogen-bond donors (Lipinski definition) is 0. The average Bonchev–Trinajstić information content (AvgIpc) is 3.18. The first-order chi connectivity index (χ1) is 16.0. The fourth-order valence-corrected chi connectivity index (χ4v) is 4.46. The van der Waals surface area contributed by atoms with Crippen LogP contribution in [0.3, 0.4) is 0 Å². The minimum absolute atomic E-state index is 0.0932. The summed E-state index contributed by atoms with van der Waals surface area (Å²) >= 11 is 0. The molecule has 4 nitrogen and oxygen atoms in total. The van der Waals surface area contributed by atoms with E-state index in [1.165, 1.54) is 26.0 Å². The maximum Gasteiger partial charge on any atom is 0.417 e. The zero-order valence-corrected chi connectivity index (χ0v) is 19.2. The van der Waals surface area contributed by atoms with Gasteiger partial charge in [-0.3, -0.25) is 9.59 Å². The molecule has 2 amide bonds. The van der Waals surface area contributed by atoms with Crippen molar-refractivity contribution in [2.75, 3.05) is 4.90 Å². The zero-order valence-electron chi connectivity index (χ0n) is 19.2. The highest BCUT2D eigenvalue weighted by Crippen LogP contribution is 2.47. The molecule has 0 N–H and O–H groups in total. The van der Waals surface area contributed by atoms with Gasteiger partial charge in [-0.2, -0.15) is 13.2 Å². The van der Waals surface area contributed by atoms with Crippen molar-refractivity contribution >= 4 is 40.1 Å². The van der Waals surface area contributed by atoms with Gasteiger partial charge in [0.2, 0.25) is 0 Å². The largest absolute Gasteiger partial charge is 0.417 e. The normalized spacial score (nSPS) is 16.0. The zero-order chi connectivity index (χ0) is 24.9. The van der Waals surface area contributed by atoms with Crippen molar-refractivity contribution in [3.8, 4) is 0 Å². The Kier molecular flexibility index (Phi) is 5.59. The summed E-state index contributed by atoms with van der Waals surface area (Å²) in [4.78, 5) is 27.8. The second-order valence-corrected chi connectivity index (χ2v) is 8.40. The molecule has 7 heteroatoms. The van der Waals surface area contributed by atoms with Crippen LogP contribution in [0.25, 0.3) is 22.6 Å². The highest BCUT2D eigenvalue weighted by molar-refractivity contribution is 6.39. The molecule has 34 heavy (non-hydrogen) atoms. The number of halogens is 3. The molecule has 1 saturated heterocycles. The van der Waals surface area contributed by atoms with Gasteiger partial charge in [0.05, 0.1) is 22.4 Å². The summed E-state index contributed by atoms with van der Waals surface area (Å²) < 4.78 is 45.9. The van der Waals surface area contributed by atoms with Crippen LogP contribution >= 0.6 is 0 Å². The lowest BCUT2D eigenvalue weighted by molar-refractivity contribution is -0.120. The fraction of sp³-hybridized carbons (Fsp3) is 0.185. The number of nitrogens with zero attached hydrogens (tertiary/aromatic N) is 2. The Morgan fingerprint density at radius 2 is 1.53 bits per heavy atom. The van der Waals surface area contributed by atoms with E-state index in [-0.39, 0.29) is 16.8 Å². The number of hydrogen-bond acceptors (Lipinski definition) is 2. The number of allylic oxidation sites excluding steroid dienone is 2. The van der Waals surface area contributed by atoms with Gasteiger partial charge >= 0.3 is 6.18 Å². The molecule has 0 radical (unpaired) electrons. The Labute approximate surface area is 195 Å². The van der Waals surface area contributed by atoms with Gasteiger partial charge < -0.3 is 4.57 Å². The smallest absolute Gasteiger partial charge is 0.347 e. The lowest BCUT2D eigenvalue weighted by atomic mass is 9.91. The molecule has 1 aromatic heterocycles. The van der Waals surface area contributed by atoms with Gasteiger partial charge in [0.1, 0.15) is 0 Å². The molecule has 1 fully saturated rings. The number of alkyl halides is 3. The third-order valence-electron chi connectivity index (χ3n) is 6.15. The van der Waals surface area contributed by atoms with Gasteiger partial charge in [0.25, 0.3) is 11.8 Å². The number of carbonyl (C=O) groups excluding carboxylic acids is 2. The van der Waals surface area contributed by atoms with E-state index in [9.17, 15) is 22.8 Å². The van der Waals surface area contributed by atoms with E-state index >= 15 is 0 Å². The third kappa shape index (κ3) is 3.48. The van der Waals surface area contributed by atoms with Crippen molar-refractivity contribution < 1.29 is 22.8 Å². The van der Waals surface area contributed by atoms with Gasteiger partial charge in [-0.05, 0) is 44.5 Å². The van der Waals surface area contributed by atoms with Crippen molar-refractivity contribution in [1.29, 1.82) is 0 Å². The van der Waals surface area contributed by atoms with Crippen LogP contribution in [0.5, 0.6) is 0 Å². The summed E-state index contributed by atoms with van der Waals surface area (Å²) in [5.41, 5.74) is 0.202. The maximum absolute atomic E-state index is 14.8. The van der Waals surface area contributed by atoms with Gasteiger partial charge in [-0.15, -0.1) is 0 Å². The number of amides is 2. The standard InChI is InChI=1S/C27H23F3N2O2/c1-6-17-11-13-18(14-12-17)32-25(33)21(15(2)3)23(26(32)34)24(27(28,29)30)22-16(4)31(5)20-10-8-7-9-19(20)22/h6-14H,1H2,2-5H3/b24-23-. The highest BCUT2D eigenvalue weighted by atomic mass is 19.4. The molecule has 0 spiro atoms. The van der Waals surface area contributed by atoms with E-state index in [2.05, 4.69) is 6.58 Å². The molecule has 1 aliphatic heterocycles. The summed E-state index contributed by atoms with van der Waals surface area (Å²) in [6.45, 7) is 8.32. The lowest BCUT2D eigenvalue weighted by Crippen LogP contribution is -2.29. The molecule has 2 heterocycles. The molecule has 174 valence electrons. The van der Waals surface area contributed by atoms with E-state index in [1.807, 2.05) is 0 Å². The Morgan fingerprint density at radius 3 is 2.09 bits per heavy atom. The molecule has 2 aromatic carbocycles. The van der Waals surface area contributed by atoms with Crippen LogP contribution in [-0.2, 0) is 16.6 Å². The fourth-order valence-electron chi connectivity index (χ4n) is 4.46. The first-order valence-corrected chi connectivity index (χ1v) is 10.6. The van der Waals surface area contributed by atoms with Crippen LogP contribution in [0, 0.1) is 6.92 Å². The van der Waals surface area contributed by atoms with Gasteiger partial charge in [0.15, 0.2) is 0 Å². The number of para-hydroxylation sites is 1. The summed E-state index contributed by atoms with van der Waals surface area (Å²) in [5, 5.41) is 0.365. The van der Waals surface area contributed by atoms with E-state index in [0.29, 0.717) is 22.2 Å². The third-order valence-corrected chi connectivity index (χ3v) is 6.15. The van der Waals surface area contributed by atoms with Crippen LogP contribution in [-0.4, -0.2) is 22.6 Å². The molecular weight excluding hydrogens is 441 g/mol. The lowest BCUT2D eigenvalue weighted by Gasteiger charge is -2.17. The summed E-state index contributed by atoms with van der Waals surface area (Å²) in [6.07, 6.45) is -3.29. The molecule has 0 saturated carbocycles. The SMILES string of the molecule is C=Cc1ccc(N2C(=O)C(=C(C)C)/C(=C(\c3c(C)n(C)c4ccccc34)C(F)(F)F)C2=O)cc1. The monoisotopic (exact) mass is 464 g/mol. The van der Waals surface area contributed by atoms with Gasteiger partial charge in [0, 0.05) is 29.2 Å². The predicted molar refractivity (Wildman–Crippen MR) is 128 cm³/mol. The first kappa shape index (κ1) is 23.3. The minimum atomic E-state index is -4.89. The Balaban J connectivity index is 2.09. The van der Waals surface area contributed by atoms with Gasteiger partial charge in [-0.1, -0.05) is 48.6 Å². The Morgan fingerprint density at radius 1 is 0.941 bits per heavy atom. The number of imide groups is 1. The number of rotatable bonds is 3. The summed E-state index contributed by atoms with van der Waals surface area (Å²) in [7, 11) is 1.68. The first-order valence-electron chi connectivity index (χ1n) is 10.6. The van der Waals surface area contributed by atoms with Crippen LogP contribution in [0.15, 0.2) is 71.8 Å². The summed E-state index contributed by atoms with van der Waals surface area (Å²) in [5.74, 6) is -1.77. The molecule has 1 aliphatic rings. The second kappa shape index (κ2) is 8.17. The molecule has 0 aliphatic carbocycles. The maximum atomic E-state index is 14.8. The topological polar surface area (TPSA) is 42.3 Å². The number of carbonyl (C=O) groups is 2. The molecule has 4 rings (SSSR count). The van der Waals surface area contributed by atoms with Crippen molar-refractivity contribution in [1.82, 2.24) is 4.57 Å². The molecular formula is C27H23F3N2O2. The quantitative estimate of drug-likeness (QED) is 0.335. The number of fused-ring (bicyclic) bond motifs is 1. The number of aryl methyl sites for hydroxylation is 1. The van der Waals surface area contributed by atoms with Crippen molar-refractivity contribution in [3.63, 3.8) is 0 Å². The van der Waals surface area contributed by atoms with Crippen LogP contribution < -0.4 is 4.90 Å². The number of aromatic nitrogens is 1. The summed E-state index contributed by atoms with van der Waals surface area (Å²) in [6, 6.07) is 13.1. The van der Waals surface area contributed by atoms with E-state index in [4.69, 9.17) is 0 Å². The minimum Gasteiger partial charge on any atom is -0.347 e. The average molecular weight is 464 g/mol. The van der Waals surface area contributed by atoms with Crippen LogP contribution in [0.1, 0.15) is 30.7 Å².